The molecule has 2 rings (SSSR count). The van der Waals surface area contributed by atoms with Crippen LogP contribution in [0.15, 0.2) is 64.3 Å². The Morgan fingerprint density at radius 1 is 1.05 bits per heavy atom. The summed E-state index contributed by atoms with van der Waals surface area (Å²) in [6, 6.07) is 20.0. The molecule has 0 aliphatic rings. The van der Waals surface area contributed by atoms with Crippen molar-refractivity contribution in [3.63, 3.8) is 0 Å². The summed E-state index contributed by atoms with van der Waals surface area (Å²) >= 11 is -0.733. The van der Waals surface area contributed by atoms with Crippen LogP contribution in [0.25, 0.3) is 6.08 Å². The van der Waals surface area contributed by atoms with Gasteiger partial charge in [0.15, 0.2) is 0 Å². The summed E-state index contributed by atoms with van der Waals surface area (Å²) in [6.45, 7) is 2.24. The zero-order valence-electron chi connectivity index (χ0n) is 11.3. The fraction of sp³-hybridized carbons (Fsp3) is 0.118. The van der Waals surface area contributed by atoms with Crippen molar-refractivity contribution in [3.05, 3.63) is 69.8 Å². The van der Waals surface area contributed by atoms with E-state index in [1.807, 2.05) is 61.5 Å². The SMILES string of the molecule is CCOC(=O)/C(=C\c1ccccc1)[Te]c1ccccc1. The molecule has 102 valence electrons. The molecule has 0 atom stereocenters. The van der Waals surface area contributed by atoms with E-state index in [1.165, 1.54) is 3.61 Å². The summed E-state index contributed by atoms with van der Waals surface area (Å²) in [5.41, 5.74) is 1.04. The predicted octanol–water partition coefficient (Wildman–Crippen LogP) is 2.62. The van der Waals surface area contributed by atoms with Gasteiger partial charge in [-0.1, -0.05) is 0 Å². The number of ether oxygens (including phenoxy) is 1. The zero-order chi connectivity index (χ0) is 14.2. The Labute approximate surface area is 129 Å². The molecule has 2 aromatic carbocycles. The maximum absolute atomic E-state index is 12.1. The molecular weight excluding hydrogens is 364 g/mol. The number of rotatable bonds is 5. The van der Waals surface area contributed by atoms with Crippen LogP contribution in [-0.2, 0) is 9.53 Å². The average Bonchev–Trinajstić information content (AvgIpc) is 2.49. The molecule has 2 aromatic rings. The van der Waals surface area contributed by atoms with E-state index in [2.05, 4.69) is 12.1 Å². The van der Waals surface area contributed by atoms with Crippen molar-refractivity contribution in [3.8, 4) is 0 Å². The van der Waals surface area contributed by atoms with Gasteiger partial charge in [-0.05, 0) is 0 Å². The van der Waals surface area contributed by atoms with Gasteiger partial charge in [0.05, 0.1) is 0 Å². The zero-order valence-corrected chi connectivity index (χ0v) is 13.6. The summed E-state index contributed by atoms with van der Waals surface area (Å²) in [5, 5.41) is 0. The van der Waals surface area contributed by atoms with Crippen molar-refractivity contribution >= 4 is 36.6 Å². The molecule has 0 saturated heterocycles. The van der Waals surface area contributed by atoms with Gasteiger partial charge in [0.2, 0.25) is 0 Å². The minimum atomic E-state index is -0.733. The summed E-state index contributed by atoms with van der Waals surface area (Å²) < 4.78 is 7.20. The van der Waals surface area contributed by atoms with Gasteiger partial charge in [0.25, 0.3) is 0 Å². The van der Waals surface area contributed by atoms with Crippen molar-refractivity contribution in [1.82, 2.24) is 0 Å². The topological polar surface area (TPSA) is 26.3 Å². The number of esters is 1. The van der Waals surface area contributed by atoms with Gasteiger partial charge in [-0.3, -0.25) is 0 Å². The maximum atomic E-state index is 12.1. The van der Waals surface area contributed by atoms with Gasteiger partial charge in [-0.15, -0.1) is 0 Å². The van der Waals surface area contributed by atoms with E-state index in [4.69, 9.17) is 4.74 Å². The van der Waals surface area contributed by atoms with Crippen LogP contribution >= 0.6 is 0 Å². The van der Waals surface area contributed by atoms with Crippen molar-refractivity contribution in [2.75, 3.05) is 6.61 Å². The molecule has 0 N–H and O–H groups in total. The summed E-state index contributed by atoms with van der Waals surface area (Å²) in [6.07, 6.45) is 1.95. The third kappa shape index (κ3) is 4.52. The Hall–Kier alpha value is -1.56. The second-order valence-corrected chi connectivity index (χ2v) is 7.24. The first-order valence-electron chi connectivity index (χ1n) is 6.46. The van der Waals surface area contributed by atoms with Crippen LogP contribution in [0, 0.1) is 0 Å². The molecule has 0 fully saturated rings. The molecule has 0 bridgehead atoms. The third-order valence-electron chi connectivity index (χ3n) is 2.54. The molecule has 0 aromatic heterocycles. The van der Waals surface area contributed by atoms with Crippen LogP contribution < -0.4 is 3.61 Å². The normalized spacial score (nSPS) is 11.2. The summed E-state index contributed by atoms with van der Waals surface area (Å²) in [7, 11) is 0. The fourth-order valence-corrected chi connectivity index (χ4v) is 4.17. The molecular formula is C17H16O2Te. The molecule has 0 radical (unpaired) electrons. The second kappa shape index (κ2) is 7.89. The van der Waals surface area contributed by atoms with Crippen LogP contribution in [0.2, 0.25) is 0 Å². The molecule has 3 heteroatoms. The number of hydrogen-bond donors (Lipinski definition) is 0. The van der Waals surface area contributed by atoms with Crippen molar-refractivity contribution in [2.45, 2.75) is 6.92 Å². The van der Waals surface area contributed by atoms with Crippen LogP contribution in [0.3, 0.4) is 0 Å². The Bertz CT molecular complexity index is 576. The third-order valence-corrected chi connectivity index (χ3v) is 5.43. The molecule has 0 saturated carbocycles. The summed E-state index contributed by atoms with van der Waals surface area (Å²) in [4.78, 5) is 12.1. The first kappa shape index (κ1) is 14.8. The van der Waals surface area contributed by atoms with Crippen molar-refractivity contribution in [2.24, 2.45) is 0 Å². The second-order valence-electron chi connectivity index (χ2n) is 4.05. The van der Waals surface area contributed by atoms with E-state index >= 15 is 0 Å². The first-order chi connectivity index (χ1) is 9.79. The van der Waals surface area contributed by atoms with Gasteiger partial charge in [-0.2, -0.15) is 0 Å². The number of carbonyl (C=O) groups excluding carboxylic acids is 1. The van der Waals surface area contributed by atoms with E-state index in [1.54, 1.807) is 0 Å². The van der Waals surface area contributed by atoms with Gasteiger partial charge >= 0.3 is 129 Å². The van der Waals surface area contributed by atoms with Gasteiger partial charge < -0.3 is 0 Å². The van der Waals surface area contributed by atoms with E-state index in [-0.39, 0.29) is 5.97 Å². The fourth-order valence-electron chi connectivity index (χ4n) is 1.65. The Morgan fingerprint density at radius 3 is 2.25 bits per heavy atom. The van der Waals surface area contributed by atoms with E-state index < -0.39 is 20.9 Å². The molecule has 0 amide bonds. The first-order valence-corrected chi connectivity index (χ1v) is 8.79. The Kier molecular flexibility index (Phi) is 5.86. The molecule has 0 aliphatic heterocycles. The van der Waals surface area contributed by atoms with Gasteiger partial charge in [-0.25, -0.2) is 0 Å². The quantitative estimate of drug-likeness (QED) is 0.453. The number of hydrogen-bond acceptors (Lipinski definition) is 2. The number of benzene rings is 2. The van der Waals surface area contributed by atoms with Crippen molar-refractivity contribution < 1.29 is 9.53 Å². The molecule has 0 heterocycles. The number of carbonyl (C=O) groups is 1. The molecule has 0 unspecified atom stereocenters. The Balaban J connectivity index is 2.25. The monoisotopic (exact) mass is 382 g/mol. The van der Waals surface area contributed by atoms with E-state index in [0.29, 0.717) is 6.61 Å². The standard InChI is InChI=1S/C17H16O2Te/c1-2-19-17(18)16(13-14-9-5-3-6-10-14)20-15-11-7-4-8-12-15/h3-13H,2H2,1H3/b16-13+. The van der Waals surface area contributed by atoms with Crippen molar-refractivity contribution in [1.29, 1.82) is 0 Å². The summed E-state index contributed by atoms with van der Waals surface area (Å²) in [5.74, 6) is -0.192. The van der Waals surface area contributed by atoms with Gasteiger partial charge in [0, 0.05) is 0 Å². The Morgan fingerprint density at radius 2 is 1.65 bits per heavy atom. The van der Waals surface area contributed by atoms with E-state index in [9.17, 15) is 4.79 Å². The molecule has 2 nitrogen and oxygen atoms in total. The van der Waals surface area contributed by atoms with Crippen LogP contribution in [0.1, 0.15) is 12.5 Å². The van der Waals surface area contributed by atoms with Crippen LogP contribution in [0.5, 0.6) is 0 Å². The van der Waals surface area contributed by atoms with Crippen LogP contribution in [-0.4, -0.2) is 33.5 Å². The molecule has 0 aliphatic carbocycles. The molecule has 20 heavy (non-hydrogen) atoms. The minimum absolute atomic E-state index is 0.192. The van der Waals surface area contributed by atoms with Gasteiger partial charge in [0.1, 0.15) is 0 Å². The molecule has 0 spiro atoms. The van der Waals surface area contributed by atoms with Crippen LogP contribution in [0.4, 0.5) is 0 Å². The average molecular weight is 380 g/mol. The predicted molar refractivity (Wildman–Crippen MR) is 82.9 cm³/mol. The van der Waals surface area contributed by atoms with E-state index in [0.717, 1.165) is 9.18 Å².